The maximum atomic E-state index is 13.6. The van der Waals surface area contributed by atoms with Gasteiger partial charge in [-0.2, -0.15) is 0 Å². The highest BCUT2D eigenvalue weighted by atomic mass is 32.2. The Kier molecular flexibility index (Phi) is 4.62. The highest BCUT2D eigenvalue weighted by Crippen LogP contribution is 2.26. The molecule has 0 radical (unpaired) electrons. The van der Waals surface area contributed by atoms with E-state index in [1.165, 1.54) is 12.1 Å². The second-order valence-corrected chi connectivity index (χ2v) is 5.94. The zero-order valence-corrected chi connectivity index (χ0v) is 12.8. The molecule has 21 heavy (non-hydrogen) atoms. The number of aromatic nitrogens is 3. The van der Waals surface area contributed by atoms with Crippen molar-refractivity contribution >= 4 is 17.7 Å². The van der Waals surface area contributed by atoms with Crippen LogP contribution in [0.1, 0.15) is 31.2 Å². The molecule has 0 fully saturated rings. The normalized spacial score (nSPS) is 11.1. The number of rotatable bonds is 5. The summed E-state index contributed by atoms with van der Waals surface area (Å²) < 4.78 is 15.4. The molecule has 0 saturated heterocycles. The molecule has 1 aromatic heterocycles. The quantitative estimate of drug-likeness (QED) is 0.860. The number of halogens is 1. The van der Waals surface area contributed by atoms with Gasteiger partial charge in [-0.3, -0.25) is 9.36 Å². The Bertz CT molecular complexity index is 650. The highest BCUT2D eigenvalue weighted by Gasteiger charge is 2.18. The lowest BCUT2D eigenvalue weighted by Gasteiger charge is -2.12. The van der Waals surface area contributed by atoms with Gasteiger partial charge in [0.25, 0.3) is 0 Å². The monoisotopic (exact) mass is 309 g/mol. The van der Waals surface area contributed by atoms with E-state index >= 15 is 0 Å². The standard InChI is InChI=1S/C14H16FN3O2S/c1-8(2)13-16-17-14(21-7-12(19)20)18(13)11-5-9(3)4-10(15)6-11/h4-6,8H,7H2,1-3H3,(H,19,20). The van der Waals surface area contributed by atoms with Gasteiger partial charge in [0.2, 0.25) is 0 Å². The van der Waals surface area contributed by atoms with Gasteiger partial charge in [0, 0.05) is 5.92 Å². The third-order valence-corrected chi connectivity index (χ3v) is 3.70. The molecule has 1 heterocycles. The number of carboxylic acids is 1. The van der Waals surface area contributed by atoms with Gasteiger partial charge in [-0.15, -0.1) is 10.2 Å². The maximum Gasteiger partial charge on any atom is 0.313 e. The second-order valence-electron chi connectivity index (χ2n) is 5.00. The predicted octanol–water partition coefficient (Wildman–Crippen LogP) is 3.01. The van der Waals surface area contributed by atoms with Gasteiger partial charge in [0.1, 0.15) is 11.6 Å². The third kappa shape index (κ3) is 3.60. The minimum atomic E-state index is -0.934. The molecule has 1 aromatic carbocycles. The Hall–Kier alpha value is -1.89. The first kappa shape index (κ1) is 15.5. The molecule has 0 aliphatic carbocycles. The molecule has 5 nitrogen and oxygen atoms in total. The van der Waals surface area contributed by atoms with Crippen LogP contribution < -0.4 is 0 Å². The van der Waals surface area contributed by atoms with Gasteiger partial charge in [0.15, 0.2) is 5.16 Å². The lowest BCUT2D eigenvalue weighted by Crippen LogP contribution is -2.06. The van der Waals surface area contributed by atoms with Crippen molar-refractivity contribution in [1.29, 1.82) is 0 Å². The van der Waals surface area contributed by atoms with Gasteiger partial charge in [-0.25, -0.2) is 4.39 Å². The first-order valence-electron chi connectivity index (χ1n) is 6.46. The lowest BCUT2D eigenvalue weighted by atomic mass is 10.2. The number of hydrogen-bond acceptors (Lipinski definition) is 4. The molecular weight excluding hydrogens is 293 g/mol. The molecule has 0 unspecified atom stereocenters. The van der Waals surface area contributed by atoms with Gasteiger partial charge in [-0.1, -0.05) is 25.6 Å². The van der Waals surface area contributed by atoms with Crippen molar-refractivity contribution in [1.82, 2.24) is 14.8 Å². The number of thioether (sulfide) groups is 1. The van der Waals surface area contributed by atoms with Crippen molar-refractivity contribution in [3.63, 3.8) is 0 Å². The lowest BCUT2D eigenvalue weighted by molar-refractivity contribution is -0.133. The van der Waals surface area contributed by atoms with Crippen molar-refractivity contribution in [3.8, 4) is 5.69 Å². The minimum absolute atomic E-state index is 0.0836. The van der Waals surface area contributed by atoms with E-state index in [1.54, 1.807) is 11.5 Å². The van der Waals surface area contributed by atoms with Gasteiger partial charge in [0.05, 0.1) is 11.4 Å². The summed E-state index contributed by atoms with van der Waals surface area (Å²) in [6.45, 7) is 5.71. The van der Waals surface area contributed by atoms with E-state index in [1.807, 2.05) is 19.9 Å². The van der Waals surface area contributed by atoms with E-state index in [0.29, 0.717) is 16.7 Å². The number of aliphatic carboxylic acids is 1. The zero-order chi connectivity index (χ0) is 15.6. The molecule has 0 aliphatic rings. The van der Waals surface area contributed by atoms with Crippen LogP contribution in [0.15, 0.2) is 23.4 Å². The smallest absolute Gasteiger partial charge is 0.313 e. The Morgan fingerprint density at radius 1 is 1.38 bits per heavy atom. The van der Waals surface area contributed by atoms with Gasteiger partial charge < -0.3 is 5.11 Å². The molecule has 7 heteroatoms. The Morgan fingerprint density at radius 3 is 2.67 bits per heavy atom. The van der Waals surface area contributed by atoms with Crippen molar-refractivity contribution in [3.05, 3.63) is 35.4 Å². The molecule has 0 atom stereocenters. The fraction of sp³-hybridized carbons (Fsp3) is 0.357. The van der Waals surface area contributed by atoms with E-state index in [0.717, 1.165) is 17.3 Å². The topological polar surface area (TPSA) is 68.0 Å². The van der Waals surface area contributed by atoms with Crippen LogP contribution in [0.3, 0.4) is 0 Å². The van der Waals surface area contributed by atoms with Crippen LogP contribution >= 0.6 is 11.8 Å². The van der Waals surface area contributed by atoms with Crippen LogP contribution in [0.2, 0.25) is 0 Å². The van der Waals surface area contributed by atoms with Crippen LogP contribution in [0.25, 0.3) is 5.69 Å². The largest absolute Gasteiger partial charge is 0.481 e. The number of aryl methyl sites for hydroxylation is 1. The van der Waals surface area contributed by atoms with E-state index in [9.17, 15) is 9.18 Å². The van der Waals surface area contributed by atoms with Crippen LogP contribution in [0.4, 0.5) is 4.39 Å². The Morgan fingerprint density at radius 2 is 2.10 bits per heavy atom. The molecule has 0 bridgehead atoms. The third-order valence-electron chi connectivity index (χ3n) is 2.78. The summed E-state index contributed by atoms with van der Waals surface area (Å²) in [6, 6.07) is 4.66. The Labute approximate surface area is 126 Å². The number of hydrogen-bond donors (Lipinski definition) is 1. The highest BCUT2D eigenvalue weighted by molar-refractivity contribution is 7.99. The molecule has 2 aromatic rings. The maximum absolute atomic E-state index is 13.6. The molecule has 0 spiro atoms. The first-order chi connectivity index (χ1) is 9.88. The van der Waals surface area contributed by atoms with E-state index < -0.39 is 5.97 Å². The zero-order valence-electron chi connectivity index (χ0n) is 12.0. The fourth-order valence-corrected chi connectivity index (χ4v) is 2.64. The summed E-state index contributed by atoms with van der Waals surface area (Å²) in [5, 5.41) is 17.4. The predicted molar refractivity (Wildman–Crippen MR) is 78.5 cm³/mol. The van der Waals surface area contributed by atoms with E-state index in [-0.39, 0.29) is 17.5 Å². The molecular formula is C14H16FN3O2S. The number of benzene rings is 1. The van der Waals surface area contributed by atoms with Crippen molar-refractivity contribution < 1.29 is 14.3 Å². The molecule has 1 N–H and O–H groups in total. The van der Waals surface area contributed by atoms with Crippen LogP contribution in [-0.2, 0) is 4.79 Å². The van der Waals surface area contributed by atoms with Crippen molar-refractivity contribution in [2.24, 2.45) is 0 Å². The molecule has 2 rings (SSSR count). The summed E-state index contributed by atoms with van der Waals surface area (Å²) >= 11 is 1.07. The van der Waals surface area contributed by atoms with Crippen molar-refractivity contribution in [2.75, 3.05) is 5.75 Å². The molecule has 0 saturated carbocycles. The minimum Gasteiger partial charge on any atom is -0.481 e. The number of nitrogens with zero attached hydrogens (tertiary/aromatic N) is 3. The van der Waals surface area contributed by atoms with Gasteiger partial charge in [-0.05, 0) is 30.7 Å². The van der Waals surface area contributed by atoms with Gasteiger partial charge >= 0.3 is 5.97 Å². The van der Waals surface area contributed by atoms with E-state index in [2.05, 4.69) is 10.2 Å². The summed E-state index contributed by atoms with van der Waals surface area (Å²) in [6.07, 6.45) is 0. The average Bonchev–Trinajstić information content (AvgIpc) is 2.78. The van der Waals surface area contributed by atoms with E-state index in [4.69, 9.17) is 5.11 Å². The molecule has 0 amide bonds. The first-order valence-corrected chi connectivity index (χ1v) is 7.44. The van der Waals surface area contributed by atoms with Crippen LogP contribution in [0.5, 0.6) is 0 Å². The van der Waals surface area contributed by atoms with Crippen LogP contribution in [-0.4, -0.2) is 31.6 Å². The summed E-state index contributed by atoms with van der Waals surface area (Å²) in [5.74, 6) is -0.642. The van der Waals surface area contributed by atoms with Crippen molar-refractivity contribution in [2.45, 2.75) is 31.8 Å². The summed E-state index contributed by atoms with van der Waals surface area (Å²) in [7, 11) is 0. The SMILES string of the molecule is Cc1cc(F)cc(-n2c(SCC(=O)O)nnc2C(C)C)c1. The second kappa shape index (κ2) is 6.26. The summed E-state index contributed by atoms with van der Waals surface area (Å²) in [4.78, 5) is 10.7. The molecule has 0 aliphatic heterocycles. The number of carbonyl (C=O) groups is 1. The average molecular weight is 309 g/mol. The number of carboxylic acid groups (broad SMARTS) is 1. The Balaban J connectivity index is 2.52. The van der Waals surface area contributed by atoms with Crippen LogP contribution in [0, 0.1) is 12.7 Å². The fourth-order valence-electron chi connectivity index (χ4n) is 1.96. The molecule has 112 valence electrons. The summed E-state index contributed by atoms with van der Waals surface area (Å²) in [5.41, 5.74) is 1.39.